The van der Waals surface area contributed by atoms with Gasteiger partial charge in [0.15, 0.2) is 11.5 Å². The van der Waals surface area contributed by atoms with Crippen molar-refractivity contribution in [3.05, 3.63) is 62.8 Å². The van der Waals surface area contributed by atoms with Crippen molar-refractivity contribution in [2.24, 2.45) is 0 Å². The number of nitrogens with one attached hydrogen (secondary N) is 2. The molecule has 188 valence electrons. The number of aromatic nitrogens is 3. The molecular formula is C24H29BrClN5O3S. The normalized spacial score (nSPS) is 11.3. The summed E-state index contributed by atoms with van der Waals surface area (Å²) in [4.78, 5) is 12.2. The van der Waals surface area contributed by atoms with Crippen molar-refractivity contribution in [2.45, 2.75) is 51.5 Å². The van der Waals surface area contributed by atoms with Gasteiger partial charge in [0.1, 0.15) is 12.4 Å². The fourth-order valence-electron chi connectivity index (χ4n) is 3.12. The van der Waals surface area contributed by atoms with E-state index in [0.29, 0.717) is 40.7 Å². The number of halogens is 2. The molecule has 0 aliphatic heterocycles. The molecule has 0 radical (unpaired) electrons. The highest BCUT2D eigenvalue weighted by Crippen LogP contribution is 2.37. The van der Waals surface area contributed by atoms with E-state index in [1.807, 2.05) is 64.1 Å². The van der Waals surface area contributed by atoms with Gasteiger partial charge in [-0.25, -0.2) is 4.68 Å². The molecule has 11 heteroatoms. The van der Waals surface area contributed by atoms with Crippen LogP contribution in [-0.4, -0.2) is 39.2 Å². The Morgan fingerprint density at radius 1 is 1.17 bits per heavy atom. The van der Waals surface area contributed by atoms with Gasteiger partial charge in [0, 0.05) is 10.6 Å². The lowest BCUT2D eigenvalue weighted by atomic mass is 10.1. The molecule has 2 N–H and O–H groups in total. The summed E-state index contributed by atoms with van der Waals surface area (Å²) in [5.74, 6) is 2.11. The van der Waals surface area contributed by atoms with Gasteiger partial charge in [-0.2, -0.15) is 0 Å². The molecule has 0 spiro atoms. The molecule has 0 bridgehead atoms. The first kappa shape index (κ1) is 27.2. The smallest absolute Gasteiger partial charge is 0.230 e. The number of thioether (sulfide) groups is 1. The van der Waals surface area contributed by atoms with Crippen LogP contribution in [0.5, 0.6) is 11.5 Å². The van der Waals surface area contributed by atoms with Crippen molar-refractivity contribution in [3.8, 4) is 11.5 Å². The molecular weight excluding hydrogens is 554 g/mol. The molecule has 0 unspecified atom stereocenters. The third-order valence-corrected chi connectivity index (χ3v) is 6.44. The van der Waals surface area contributed by atoms with Crippen LogP contribution in [0.2, 0.25) is 5.02 Å². The number of nitrogens with zero attached hydrogens (tertiary/aromatic N) is 3. The number of aryl methyl sites for hydroxylation is 1. The van der Waals surface area contributed by atoms with Gasteiger partial charge in [-0.15, -0.1) is 10.2 Å². The molecule has 1 aromatic heterocycles. The van der Waals surface area contributed by atoms with E-state index in [1.54, 1.807) is 11.8 Å². The van der Waals surface area contributed by atoms with Crippen LogP contribution in [0.25, 0.3) is 0 Å². The van der Waals surface area contributed by atoms with Gasteiger partial charge in [-0.05, 0) is 79.0 Å². The number of ether oxygens (including phenoxy) is 2. The molecule has 0 saturated heterocycles. The highest BCUT2D eigenvalue weighted by Gasteiger charge is 2.17. The fourth-order valence-corrected chi connectivity index (χ4v) is 4.61. The Hall–Kier alpha value is -2.43. The molecule has 35 heavy (non-hydrogen) atoms. The Bertz CT molecular complexity index is 1170. The van der Waals surface area contributed by atoms with Crippen LogP contribution in [0, 0.1) is 6.92 Å². The number of carbonyl (C=O) groups excluding carboxylic acids is 1. The first-order valence-electron chi connectivity index (χ1n) is 10.9. The van der Waals surface area contributed by atoms with Crippen LogP contribution in [0.4, 0.5) is 0 Å². The van der Waals surface area contributed by atoms with Gasteiger partial charge in [0.05, 0.1) is 23.9 Å². The largest absolute Gasteiger partial charge is 0.493 e. The lowest BCUT2D eigenvalue weighted by Gasteiger charge is -2.20. The molecule has 0 fully saturated rings. The fraction of sp³-hybridized carbons (Fsp3) is 0.375. The van der Waals surface area contributed by atoms with Crippen molar-refractivity contribution < 1.29 is 14.3 Å². The standard InChI is InChI=1S/C24H29BrClN5O3S/c1-15-29-30-23(35-14-21(32)28-24(2,3)4)31(15)27-12-17-10-19(25)22(20(11-17)33-5)34-13-16-6-8-18(26)9-7-16/h6-11,27H,12-14H2,1-5H3,(H,28,32). The lowest BCUT2D eigenvalue weighted by Crippen LogP contribution is -2.41. The van der Waals surface area contributed by atoms with Gasteiger partial charge < -0.3 is 20.2 Å². The van der Waals surface area contributed by atoms with Crippen molar-refractivity contribution in [2.75, 3.05) is 18.3 Å². The molecule has 1 amide bonds. The van der Waals surface area contributed by atoms with Crippen LogP contribution in [0.1, 0.15) is 37.7 Å². The average Bonchev–Trinajstić information content (AvgIpc) is 3.14. The molecule has 0 aliphatic carbocycles. The monoisotopic (exact) mass is 581 g/mol. The highest BCUT2D eigenvalue weighted by atomic mass is 79.9. The van der Waals surface area contributed by atoms with E-state index in [-0.39, 0.29) is 17.2 Å². The lowest BCUT2D eigenvalue weighted by molar-refractivity contribution is -0.119. The first-order valence-corrected chi connectivity index (χ1v) is 13.0. The van der Waals surface area contributed by atoms with E-state index in [4.69, 9.17) is 21.1 Å². The Balaban J connectivity index is 1.66. The van der Waals surface area contributed by atoms with Crippen molar-refractivity contribution in [1.29, 1.82) is 0 Å². The molecule has 0 aliphatic rings. The van der Waals surface area contributed by atoms with Crippen molar-refractivity contribution >= 4 is 45.2 Å². The number of hydrogen-bond acceptors (Lipinski definition) is 7. The minimum absolute atomic E-state index is 0.0578. The van der Waals surface area contributed by atoms with Crippen molar-refractivity contribution in [1.82, 2.24) is 20.2 Å². The van der Waals surface area contributed by atoms with Gasteiger partial charge >= 0.3 is 0 Å². The summed E-state index contributed by atoms with van der Waals surface area (Å²) in [6.07, 6.45) is 0. The SMILES string of the molecule is COc1cc(CNn2c(C)nnc2SCC(=O)NC(C)(C)C)cc(Br)c1OCc1ccc(Cl)cc1. The summed E-state index contributed by atoms with van der Waals surface area (Å²) in [6.45, 7) is 8.56. The second kappa shape index (κ2) is 12.0. The van der Waals surface area contributed by atoms with Gasteiger partial charge in [-0.1, -0.05) is 35.5 Å². The van der Waals surface area contributed by atoms with E-state index in [0.717, 1.165) is 15.6 Å². The molecule has 0 saturated carbocycles. The Morgan fingerprint density at radius 3 is 2.54 bits per heavy atom. The molecule has 0 atom stereocenters. The summed E-state index contributed by atoms with van der Waals surface area (Å²) in [5.41, 5.74) is 5.00. The first-order chi connectivity index (χ1) is 16.6. The maximum Gasteiger partial charge on any atom is 0.230 e. The van der Waals surface area contributed by atoms with E-state index in [2.05, 4.69) is 36.9 Å². The minimum atomic E-state index is -0.281. The molecule has 3 rings (SSSR count). The zero-order valence-electron chi connectivity index (χ0n) is 20.3. The summed E-state index contributed by atoms with van der Waals surface area (Å²) >= 11 is 10.9. The number of rotatable bonds is 10. The van der Waals surface area contributed by atoms with Crippen LogP contribution >= 0.6 is 39.3 Å². The molecule has 3 aromatic rings. The average molecular weight is 583 g/mol. The predicted molar refractivity (Wildman–Crippen MR) is 143 cm³/mol. The second-order valence-corrected chi connectivity index (χ2v) is 11.0. The number of hydrogen-bond donors (Lipinski definition) is 2. The van der Waals surface area contributed by atoms with Crippen LogP contribution in [-0.2, 0) is 17.9 Å². The second-order valence-electron chi connectivity index (χ2n) is 8.81. The summed E-state index contributed by atoms with van der Waals surface area (Å²) in [5, 5.41) is 12.6. The molecule has 8 nitrogen and oxygen atoms in total. The molecule has 1 heterocycles. The number of carbonyl (C=O) groups is 1. The highest BCUT2D eigenvalue weighted by molar-refractivity contribution is 9.10. The molecule has 2 aromatic carbocycles. The van der Waals surface area contributed by atoms with Crippen LogP contribution in [0.3, 0.4) is 0 Å². The van der Waals surface area contributed by atoms with Crippen molar-refractivity contribution in [3.63, 3.8) is 0 Å². The predicted octanol–water partition coefficient (Wildman–Crippen LogP) is 5.34. The van der Waals surface area contributed by atoms with E-state index in [9.17, 15) is 4.79 Å². The van der Waals surface area contributed by atoms with E-state index in [1.165, 1.54) is 11.8 Å². The zero-order valence-corrected chi connectivity index (χ0v) is 23.5. The summed E-state index contributed by atoms with van der Waals surface area (Å²) < 4.78 is 14.1. The summed E-state index contributed by atoms with van der Waals surface area (Å²) in [7, 11) is 1.61. The maximum atomic E-state index is 12.2. The van der Waals surface area contributed by atoms with E-state index >= 15 is 0 Å². The van der Waals surface area contributed by atoms with E-state index < -0.39 is 0 Å². The Kier molecular flexibility index (Phi) is 9.32. The topological polar surface area (TPSA) is 90.3 Å². The van der Waals surface area contributed by atoms with Crippen LogP contribution < -0.4 is 20.2 Å². The third-order valence-electron chi connectivity index (χ3n) is 4.67. The Morgan fingerprint density at radius 2 is 1.89 bits per heavy atom. The number of methoxy groups -OCH3 is 1. The van der Waals surface area contributed by atoms with Gasteiger partial charge in [0.2, 0.25) is 11.1 Å². The number of amides is 1. The third kappa shape index (κ3) is 8.05. The quantitative estimate of drug-likeness (QED) is 0.312. The Labute approximate surface area is 223 Å². The van der Waals surface area contributed by atoms with Crippen LogP contribution in [0.15, 0.2) is 46.0 Å². The maximum absolute atomic E-state index is 12.2. The minimum Gasteiger partial charge on any atom is -0.493 e. The van der Waals surface area contributed by atoms with Gasteiger partial charge in [-0.3, -0.25) is 4.79 Å². The van der Waals surface area contributed by atoms with Gasteiger partial charge in [0.25, 0.3) is 0 Å². The zero-order chi connectivity index (χ0) is 25.6. The number of benzene rings is 2. The summed E-state index contributed by atoms with van der Waals surface area (Å²) in [6, 6.07) is 11.4.